The molecule has 21 heavy (non-hydrogen) atoms. The molecular weight excluding hydrogens is 268 g/mol. The fourth-order valence-corrected chi connectivity index (χ4v) is 2.16. The van der Waals surface area contributed by atoms with Crippen LogP contribution in [-0.4, -0.2) is 47.0 Å². The van der Waals surface area contributed by atoms with Crippen molar-refractivity contribution in [2.45, 2.75) is 25.9 Å². The largest absolute Gasteiger partial charge is 0.391 e. The lowest BCUT2D eigenvalue weighted by Crippen LogP contribution is -2.29. The highest BCUT2D eigenvalue weighted by Crippen LogP contribution is 2.17. The zero-order chi connectivity index (χ0) is 15.2. The van der Waals surface area contributed by atoms with E-state index >= 15 is 0 Å². The van der Waals surface area contributed by atoms with Crippen molar-refractivity contribution >= 4 is 23.5 Å². The number of aliphatic hydroxyl groups is 1. The van der Waals surface area contributed by atoms with Gasteiger partial charge in [0.15, 0.2) is 0 Å². The van der Waals surface area contributed by atoms with Gasteiger partial charge in [-0.3, -0.25) is 9.79 Å². The van der Waals surface area contributed by atoms with E-state index in [9.17, 15) is 9.90 Å². The van der Waals surface area contributed by atoms with Crippen LogP contribution in [0.25, 0.3) is 0 Å². The fraction of sp³-hybridized carbons (Fsp3) is 0.400. The van der Waals surface area contributed by atoms with Gasteiger partial charge >= 0.3 is 0 Å². The summed E-state index contributed by atoms with van der Waals surface area (Å²) in [5.74, 6) is 5.16. The zero-order valence-corrected chi connectivity index (χ0v) is 12.1. The number of nitrogens with two attached hydrogens (primary N) is 1. The molecule has 0 aliphatic carbocycles. The summed E-state index contributed by atoms with van der Waals surface area (Å²) in [6.07, 6.45) is 2.58. The summed E-state index contributed by atoms with van der Waals surface area (Å²) < 4.78 is 0. The molecule has 2 rings (SSSR count). The van der Waals surface area contributed by atoms with Crippen molar-refractivity contribution in [2.24, 2.45) is 15.9 Å². The first-order chi connectivity index (χ1) is 10.1. The number of amides is 1. The normalized spacial score (nSPS) is 19.4. The Morgan fingerprint density at radius 3 is 2.71 bits per heavy atom. The lowest BCUT2D eigenvalue weighted by atomic mass is 10.2. The van der Waals surface area contributed by atoms with Crippen LogP contribution < -0.4 is 5.84 Å². The summed E-state index contributed by atoms with van der Waals surface area (Å²) in [5.41, 5.74) is 2.05. The second-order valence-electron chi connectivity index (χ2n) is 4.97. The van der Waals surface area contributed by atoms with Crippen LogP contribution in [0, 0.1) is 0 Å². The van der Waals surface area contributed by atoms with Gasteiger partial charge in [-0.2, -0.15) is 5.10 Å². The second kappa shape index (κ2) is 6.99. The van der Waals surface area contributed by atoms with Crippen LogP contribution in [0.3, 0.4) is 0 Å². The van der Waals surface area contributed by atoms with E-state index in [1.807, 2.05) is 6.92 Å². The first-order valence-corrected chi connectivity index (χ1v) is 7.02. The summed E-state index contributed by atoms with van der Waals surface area (Å²) in [4.78, 5) is 18.1. The highest BCUT2D eigenvalue weighted by atomic mass is 16.3. The predicted molar refractivity (Wildman–Crippen MR) is 83.0 cm³/mol. The molecule has 1 fully saturated rings. The third-order valence-electron chi connectivity index (χ3n) is 3.46. The molecule has 1 atom stereocenters. The van der Waals surface area contributed by atoms with Gasteiger partial charge in [-0.25, -0.2) is 0 Å². The van der Waals surface area contributed by atoms with E-state index in [2.05, 4.69) is 10.1 Å². The number of aliphatic imine (C=N–C) groups is 1. The first kappa shape index (κ1) is 15.2. The number of benzene rings is 1. The maximum absolute atomic E-state index is 12.2. The maximum Gasteiger partial charge on any atom is 0.253 e. The first-order valence-electron chi connectivity index (χ1n) is 7.02. The SMILES string of the molecule is CCC(C=Nc1ccc(C(=O)N2CC[C@H](O)C2)cc1)=NN. The highest BCUT2D eigenvalue weighted by molar-refractivity contribution is 6.30. The van der Waals surface area contributed by atoms with E-state index in [1.165, 1.54) is 0 Å². The van der Waals surface area contributed by atoms with Crippen LogP contribution in [0.2, 0.25) is 0 Å². The Morgan fingerprint density at radius 2 is 2.19 bits per heavy atom. The summed E-state index contributed by atoms with van der Waals surface area (Å²) >= 11 is 0. The quantitative estimate of drug-likeness (QED) is 0.497. The summed E-state index contributed by atoms with van der Waals surface area (Å²) in [5, 5.41) is 13.1. The smallest absolute Gasteiger partial charge is 0.253 e. The highest BCUT2D eigenvalue weighted by Gasteiger charge is 2.25. The van der Waals surface area contributed by atoms with Crippen LogP contribution in [0.1, 0.15) is 30.1 Å². The van der Waals surface area contributed by atoms with Gasteiger partial charge in [0.1, 0.15) is 0 Å². The van der Waals surface area contributed by atoms with Crippen molar-refractivity contribution < 1.29 is 9.90 Å². The van der Waals surface area contributed by atoms with Crippen LogP contribution in [0.4, 0.5) is 5.69 Å². The number of rotatable bonds is 4. The molecule has 3 N–H and O–H groups in total. The lowest BCUT2D eigenvalue weighted by Gasteiger charge is -2.15. The Kier molecular flexibility index (Phi) is 5.05. The predicted octanol–water partition coefficient (Wildman–Crippen LogP) is 1.32. The number of hydrogen-bond acceptors (Lipinski definition) is 5. The van der Waals surface area contributed by atoms with Crippen LogP contribution >= 0.6 is 0 Å². The van der Waals surface area contributed by atoms with Gasteiger partial charge in [0.05, 0.1) is 23.7 Å². The van der Waals surface area contributed by atoms with Crippen molar-refractivity contribution in [3.05, 3.63) is 29.8 Å². The fourth-order valence-electron chi connectivity index (χ4n) is 2.16. The van der Waals surface area contributed by atoms with Crippen molar-refractivity contribution in [3.8, 4) is 0 Å². The molecule has 0 spiro atoms. The van der Waals surface area contributed by atoms with E-state index < -0.39 is 6.10 Å². The Hall–Kier alpha value is -2.21. The van der Waals surface area contributed by atoms with Gasteiger partial charge in [0.25, 0.3) is 5.91 Å². The molecule has 1 aliphatic rings. The number of likely N-dealkylation sites (tertiary alicyclic amines) is 1. The molecule has 0 unspecified atom stereocenters. The molecule has 0 saturated carbocycles. The number of carbonyl (C=O) groups excluding carboxylic acids is 1. The summed E-state index contributed by atoms with van der Waals surface area (Å²) in [6.45, 7) is 2.96. The Bertz CT molecular complexity index is 551. The molecule has 112 valence electrons. The molecule has 1 amide bonds. The second-order valence-corrected chi connectivity index (χ2v) is 4.97. The van der Waals surface area contributed by atoms with Crippen LogP contribution in [0.5, 0.6) is 0 Å². The molecule has 1 aliphatic heterocycles. The average molecular weight is 288 g/mol. The van der Waals surface area contributed by atoms with Gasteiger partial charge in [-0.05, 0) is 37.1 Å². The number of hydrazone groups is 1. The van der Waals surface area contributed by atoms with E-state index in [0.29, 0.717) is 37.2 Å². The maximum atomic E-state index is 12.2. The molecule has 0 aromatic heterocycles. The van der Waals surface area contributed by atoms with Gasteiger partial charge in [-0.15, -0.1) is 0 Å². The van der Waals surface area contributed by atoms with Gasteiger partial charge < -0.3 is 15.8 Å². The summed E-state index contributed by atoms with van der Waals surface area (Å²) in [7, 11) is 0. The third kappa shape index (κ3) is 3.88. The molecular formula is C15H20N4O2. The third-order valence-corrected chi connectivity index (χ3v) is 3.46. The Morgan fingerprint density at radius 1 is 1.48 bits per heavy atom. The van der Waals surface area contributed by atoms with E-state index in [4.69, 9.17) is 5.84 Å². The topological polar surface area (TPSA) is 91.3 Å². The van der Waals surface area contributed by atoms with Gasteiger partial charge in [0, 0.05) is 18.7 Å². The lowest BCUT2D eigenvalue weighted by molar-refractivity contribution is 0.0765. The van der Waals surface area contributed by atoms with Crippen molar-refractivity contribution in [2.75, 3.05) is 13.1 Å². The molecule has 1 aromatic rings. The van der Waals surface area contributed by atoms with Crippen molar-refractivity contribution in [3.63, 3.8) is 0 Å². The van der Waals surface area contributed by atoms with Crippen LogP contribution in [0.15, 0.2) is 34.4 Å². The Balaban J connectivity index is 2.03. The number of carbonyl (C=O) groups is 1. The van der Waals surface area contributed by atoms with E-state index in [0.717, 1.165) is 5.69 Å². The van der Waals surface area contributed by atoms with Gasteiger partial charge in [-0.1, -0.05) is 6.92 Å². The molecule has 6 heteroatoms. The standard InChI is InChI=1S/C15H20N4O2/c1-2-12(18-16)9-17-13-5-3-11(4-6-13)15(21)19-8-7-14(20)10-19/h3-6,9,14,20H,2,7-8,10,16H2,1H3/t14-/m0/s1. The van der Waals surface area contributed by atoms with Gasteiger partial charge in [0.2, 0.25) is 0 Å². The van der Waals surface area contributed by atoms with Crippen molar-refractivity contribution in [1.29, 1.82) is 0 Å². The summed E-state index contributed by atoms with van der Waals surface area (Å²) in [6, 6.07) is 7.04. The molecule has 6 nitrogen and oxygen atoms in total. The number of hydrogen-bond donors (Lipinski definition) is 2. The molecule has 0 bridgehead atoms. The zero-order valence-electron chi connectivity index (χ0n) is 12.1. The number of nitrogens with zero attached hydrogens (tertiary/aromatic N) is 3. The van der Waals surface area contributed by atoms with E-state index in [1.54, 1.807) is 35.4 Å². The molecule has 1 saturated heterocycles. The molecule has 1 heterocycles. The minimum absolute atomic E-state index is 0.0557. The molecule has 1 aromatic carbocycles. The number of aliphatic hydroxyl groups excluding tert-OH is 1. The number of β-amino-alcohol motifs (C(OH)–C–C–N with tert-alkyl or cyclic N) is 1. The van der Waals surface area contributed by atoms with Crippen molar-refractivity contribution in [1.82, 2.24) is 4.90 Å². The monoisotopic (exact) mass is 288 g/mol. The Labute approximate surface area is 124 Å². The van der Waals surface area contributed by atoms with Crippen LogP contribution in [-0.2, 0) is 0 Å². The van der Waals surface area contributed by atoms with E-state index in [-0.39, 0.29) is 5.91 Å². The minimum Gasteiger partial charge on any atom is -0.391 e. The molecule has 0 radical (unpaired) electrons. The minimum atomic E-state index is -0.402. The average Bonchev–Trinajstić information content (AvgIpc) is 2.95.